The molecular formula is C65H60Cl3I14N3. The largest absolute Gasteiger partial charge is 0.0619 e. The second-order valence-electron chi connectivity index (χ2n) is 22.5. The molecule has 1 aromatic heterocycles. The van der Waals surface area contributed by atoms with E-state index in [9.17, 15) is 0 Å². The maximum Gasteiger partial charge on any atom is -0.00135 e. The monoisotopic (exact) mass is 2760 g/mol. The van der Waals surface area contributed by atoms with Crippen LogP contribution in [0.1, 0.15) is 101 Å². The number of rotatable bonds is 8. The Bertz CT molecular complexity index is 3770. The maximum absolute atomic E-state index is 6.89. The minimum absolute atomic E-state index is 0.0116. The Balaban J connectivity index is 0.000000129. The standard InChI is InChI=1S/C32H29ClN2.C20H21Cl2N.C13H10.I14/c1-31-17-9-10-18-32(31,2)35(30-16-8-5-13-27(30)31)24-20-22(33)19-23(21-24)34-28-14-6-3-11-25(28)26-12-4-7-15-29(26)34;1-19-9-5-6-10-20(19,2)23(18-8-4-3-7-17(18)19)16-12-14(21)11-15(22)13-16;1-3-7-12-10(5-1)9-11-6-2-4-8-13(11)12;1-9(2)11(5)13(7)14(8)12(6)10(3)4/h3-8,11-16,19-21H,9-10,17-18H2,1-2H3;3-4,7-8,11-13H,5-6,9-10H2,1-2H3;1-8H,9H2;. The summed E-state index contributed by atoms with van der Waals surface area (Å²) in [5.41, 5.74) is 17.5. The van der Waals surface area contributed by atoms with Gasteiger partial charge in [0.15, 0.2) is 0 Å². The Hall–Kier alpha value is 4.25. The molecule has 14 rings (SSSR count). The molecule has 2 saturated carbocycles. The van der Waals surface area contributed by atoms with Gasteiger partial charge in [-0.25, -0.2) is 0 Å². The van der Waals surface area contributed by atoms with Gasteiger partial charge in [0, 0.05) is 65.1 Å². The predicted octanol–water partition coefficient (Wildman–Crippen LogP) is 31.6. The van der Waals surface area contributed by atoms with Crippen molar-refractivity contribution in [2.45, 2.75) is 107 Å². The molecule has 4 atom stereocenters. The molecule has 3 heterocycles. The maximum atomic E-state index is 6.89. The van der Waals surface area contributed by atoms with E-state index in [1.54, 1.807) is 6.07 Å². The van der Waals surface area contributed by atoms with Crippen LogP contribution in [0.5, 0.6) is 0 Å². The van der Waals surface area contributed by atoms with Crippen LogP contribution in [0.2, 0.25) is 15.1 Å². The summed E-state index contributed by atoms with van der Waals surface area (Å²) in [6.45, 7) is 9.77. The van der Waals surface area contributed by atoms with E-state index in [1.165, 1.54) is 124 Å². The van der Waals surface area contributed by atoms with Crippen molar-refractivity contribution in [3.63, 3.8) is 0 Å². The zero-order valence-electron chi connectivity index (χ0n) is 46.5. The number of fused-ring (bicyclic) bond motifs is 12. The third kappa shape index (κ3) is 14.3. The zero-order valence-corrected chi connectivity index (χ0v) is 78.9. The van der Waals surface area contributed by atoms with E-state index >= 15 is 0 Å². The first-order chi connectivity index (χ1) is 40.7. The van der Waals surface area contributed by atoms with Crippen LogP contribution in [-0.4, -0.2) is 15.6 Å². The van der Waals surface area contributed by atoms with Gasteiger partial charge in [-0.05, 0) is 140 Å². The molecule has 2 aliphatic heterocycles. The number of aromatic nitrogens is 1. The van der Waals surface area contributed by atoms with Crippen molar-refractivity contribution in [2.75, 3.05) is 9.80 Å². The molecule has 3 aliphatic carbocycles. The predicted molar refractivity (Wildman–Crippen MR) is 499 cm³/mol. The van der Waals surface area contributed by atoms with Crippen molar-refractivity contribution >= 4 is 276 Å². The summed E-state index contributed by atoms with van der Waals surface area (Å²) in [7, 11) is -2.16. The molecule has 9 aromatic rings. The zero-order chi connectivity index (χ0) is 60.2. The summed E-state index contributed by atoms with van der Waals surface area (Å²) in [6, 6.07) is 64.9. The third-order valence-electron chi connectivity index (χ3n) is 18.2. The molecule has 4 unspecified atom stereocenters. The van der Waals surface area contributed by atoms with E-state index in [0.717, 1.165) is 22.8 Å². The van der Waals surface area contributed by atoms with Crippen molar-refractivity contribution in [1.29, 1.82) is 0 Å². The van der Waals surface area contributed by atoms with E-state index in [0.29, 0.717) is 10.0 Å². The summed E-state index contributed by atoms with van der Waals surface area (Å²) < 4.78 is 2.37. The van der Waals surface area contributed by atoms with Crippen LogP contribution in [0.15, 0.2) is 182 Å². The van der Waals surface area contributed by atoms with Crippen molar-refractivity contribution in [3.05, 3.63) is 219 Å². The number of hydrogen-bond donors (Lipinski definition) is 0. The summed E-state index contributed by atoms with van der Waals surface area (Å²) in [5, 5.41) is 4.69. The summed E-state index contributed by atoms with van der Waals surface area (Å²) >= 11 is 42.8. The number of hydrogen-bond acceptors (Lipinski definition) is 2. The fraction of sp³-hybridized carbons (Fsp3) is 0.262. The number of benzene rings is 8. The molecular weight excluding hydrogens is 2710 g/mol. The number of halogens is 17. The summed E-state index contributed by atoms with van der Waals surface area (Å²) in [5.74, 6) is 0. The molecule has 0 radical (unpaired) electrons. The fourth-order valence-electron chi connectivity index (χ4n) is 14.1. The van der Waals surface area contributed by atoms with Crippen LogP contribution in [0, 0.1) is 0 Å². The second-order valence-corrected chi connectivity index (χ2v) is 316. The van der Waals surface area contributed by atoms with E-state index in [2.05, 4.69) is 355 Å². The molecule has 2 fully saturated rings. The molecule has 20 heteroatoms. The minimum atomic E-state index is -0.399. The molecule has 0 spiro atoms. The van der Waals surface area contributed by atoms with Gasteiger partial charge in [-0.3, -0.25) is 0 Å². The van der Waals surface area contributed by atoms with Gasteiger partial charge in [0.25, 0.3) is 0 Å². The quantitative estimate of drug-likeness (QED) is 0.141. The normalized spacial score (nSPS) is 22.3. The van der Waals surface area contributed by atoms with Gasteiger partial charge in [-0.15, -0.1) is 0 Å². The fourth-order valence-corrected chi connectivity index (χ4v) is 1690. The van der Waals surface area contributed by atoms with E-state index in [4.69, 9.17) is 34.8 Å². The van der Waals surface area contributed by atoms with Crippen LogP contribution >= 0.6 is 231 Å². The van der Waals surface area contributed by atoms with Crippen LogP contribution in [-0.2, 0) is 17.3 Å². The van der Waals surface area contributed by atoms with Gasteiger partial charge in [0.05, 0.1) is 22.1 Å². The summed E-state index contributed by atoms with van der Waals surface area (Å²) in [6.07, 6.45) is 11.0. The Morgan fingerprint density at radius 2 is 0.729 bits per heavy atom. The molecule has 0 bridgehead atoms. The first-order valence-corrected chi connectivity index (χ1v) is 110. The topological polar surface area (TPSA) is 11.4 Å². The van der Waals surface area contributed by atoms with Crippen molar-refractivity contribution in [2.24, 2.45) is 0 Å². The third-order valence-corrected chi connectivity index (χ3v) is 845. The van der Waals surface area contributed by atoms with Gasteiger partial charge < -0.3 is 14.4 Å². The van der Waals surface area contributed by atoms with Crippen molar-refractivity contribution in [1.82, 2.24) is 4.57 Å². The molecule has 0 N–H and O–H groups in total. The molecule has 454 valence electrons. The molecule has 0 amide bonds. The molecule has 85 heavy (non-hydrogen) atoms. The van der Waals surface area contributed by atoms with Gasteiger partial charge in [-0.2, -0.15) is 0 Å². The van der Waals surface area contributed by atoms with E-state index in [1.807, 2.05) is 12.1 Å². The van der Waals surface area contributed by atoms with Crippen LogP contribution in [0.3, 0.4) is 0 Å². The Labute approximate surface area is 619 Å². The Kier molecular flexibility index (Phi) is 25.4. The SMILES string of the molecule is CC12CCCCC1(C)N(c1cc(Cl)cc(-n3c4ccccc4c4ccccc43)c1)c1ccccc12.CC12CCCCC1(C)N(c1cc(Cl)cc(Cl)c1)c1ccccc12.II(I)I(I)I(I)I(I)I(I)I(I)I.c1ccc2c(c1)Cc1ccccc1-2. The molecule has 3 nitrogen and oxygen atoms in total. The van der Waals surface area contributed by atoms with E-state index in [-0.39, 0.29) is 53.5 Å². The van der Waals surface area contributed by atoms with Gasteiger partial charge in [0.1, 0.15) is 0 Å². The van der Waals surface area contributed by atoms with Gasteiger partial charge in [0.2, 0.25) is 0 Å². The molecule has 0 saturated heterocycles. The minimum Gasteiger partial charge on any atom is -0.0619 e. The number of para-hydroxylation sites is 4. The Morgan fingerprint density at radius 3 is 1.18 bits per heavy atom. The molecule has 8 aromatic carbocycles. The van der Waals surface area contributed by atoms with Crippen LogP contribution < -0.4 is 9.80 Å². The average molecular weight is 2770 g/mol. The number of anilines is 4. The first kappa shape index (κ1) is 70.6. The second kappa shape index (κ2) is 30.6. The van der Waals surface area contributed by atoms with Crippen molar-refractivity contribution < 1.29 is 0 Å². The number of nitrogens with zero attached hydrogens (tertiary/aromatic N) is 3. The average Bonchev–Trinajstić information content (AvgIpc) is 1.68. The van der Waals surface area contributed by atoms with E-state index < -0.39 is 15.8 Å². The first-order valence-electron chi connectivity index (χ1n) is 27.5. The van der Waals surface area contributed by atoms with Gasteiger partial charge in [-0.1, -0.05) is 196 Å². The molecule has 5 aliphatic rings. The Morgan fingerprint density at radius 1 is 0.376 bits per heavy atom. The summed E-state index contributed by atoms with van der Waals surface area (Å²) in [4.78, 5) is 5.09. The smallest absolute Gasteiger partial charge is 0.00135 e. The van der Waals surface area contributed by atoms with Gasteiger partial charge >= 0.3 is 196 Å². The van der Waals surface area contributed by atoms with Crippen molar-refractivity contribution in [3.8, 4) is 16.8 Å². The van der Waals surface area contributed by atoms with Crippen LogP contribution in [0.25, 0.3) is 38.6 Å². The van der Waals surface area contributed by atoms with Crippen LogP contribution in [0.4, 0.5) is 22.7 Å².